The van der Waals surface area contributed by atoms with Crippen molar-refractivity contribution in [2.45, 2.75) is 50.9 Å². The van der Waals surface area contributed by atoms with Crippen LogP contribution in [-0.4, -0.2) is 56.5 Å². The fourth-order valence-electron chi connectivity index (χ4n) is 2.98. The van der Waals surface area contributed by atoms with E-state index in [-0.39, 0.29) is 17.7 Å². The largest absolute Gasteiger partial charge is 0.377 e. The minimum Gasteiger partial charge on any atom is -0.377 e. The van der Waals surface area contributed by atoms with Crippen LogP contribution in [0.4, 0.5) is 0 Å². The Bertz CT molecular complexity index is 207. The van der Waals surface area contributed by atoms with Gasteiger partial charge in [-0.05, 0) is 12.8 Å². The van der Waals surface area contributed by atoms with Gasteiger partial charge in [-0.25, -0.2) is 0 Å². The topological polar surface area (TPSA) is 47.7 Å². The third kappa shape index (κ3) is 2.99. The van der Waals surface area contributed by atoms with Crippen molar-refractivity contribution in [1.29, 1.82) is 0 Å². The fraction of sp³-hybridized carbons (Fsp3) is 1.00. The van der Waals surface area contributed by atoms with Gasteiger partial charge >= 0.3 is 0 Å². The molecule has 0 saturated carbocycles. The molecule has 0 spiro atoms. The molecule has 0 aromatic heterocycles. The van der Waals surface area contributed by atoms with Crippen molar-refractivity contribution < 1.29 is 9.47 Å². The third-order valence-electron chi connectivity index (χ3n) is 4.25. The number of hydrogen-bond acceptors (Lipinski definition) is 4. The van der Waals surface area contributed by atoms with Crippen molar-refractivity contribution in [3.63, 3.8) is 0 Å². The number of nitrogens with zero attached hydrogens (tertiary/aromatic N) is 1. The van der Waals surface area contributed by atoms with Crippen LogP contribution in [0.1, 0.15) is 33.1 Å². The molecule has 17 heavy (non-hydrogen) atoms. The first-order chi connectivity index (χ1) is 8.17. The number of likely N-dealkylation sites (tertiary alicyclic amines) is 1. The van der Waals surface area contributed by atoms with E-state index in [2.05, 4.69) is 18.7 Å². The van der Waals surface area contributed by atoms with Gasteiger partial charge in [0.25, 0.3) is 0 Å². The summed E-state index contributed by atoms with van der Waals surface area (Å²) in [6.45, 7) is 7.02. The Morgan fingerprint density at radius 3 is 2.00 bits per heavy atom. The molecule has 102 valence electrons. The normalized spacial score (nSPS) is 29.5. The van der Waals surface area contributed by atoms with E-state index in [1.807, 2.05) is 0 Å². The zero-order valence-corrected chi connectivity index (χ0v) is 11.7. The molecule has 0 bridgehead atoms. The number of rotatable bonds is 7. The van der Waals surface area contributed by atoms with Crippen LogP contribution < -0.4 is 5.73 Å². The van der Waals surface area contributed by atoms with Crippen molar-refractivity contribution >= 4 is 0 Å². The Kier molecular flexibility index (Phi) is 5.86. The van der Waals surface area contributed by atoms with E-state index in [1.54, 1.807) is 14.2 Å². The number of methoxy groups -OCH3 is 2. The lowest BCUT2D eigenvalue weighted by molar-refractivity contribution is -0.00461. The van der Waals surface area contributed by atoms with Gasteiger partial charge in [0, 0.05) is 39.4 Å². The average molecular weight is 244 g/mol. The number of hydrogen-bond donors (Lipinski definition) is 1. The summed E-state index contributed by atoms with van der Waals surface area (Å²) in [7, 11) is 3.52. The van der Waals surface area contributed by atoms with Gasteiger partial charge in [0.05, 0.1) is 12.2 Å². The predicted molar refractivity (Wildman–Crippen MR) is 70.2 cm³/mol. The van der Waals surface area contributed by atoms with E-state index < -0.39 is 0 Å². The fourth-order valence-corrected chi connectivity index (χ4v) is 2.98. The second kappa shape index (κ2) is 6.69. The highest BCUT2D eigenvalue weighted by molar-refractivity contribution is 4.98. The van der Waals surface area contributed by atoms with Gasteiger partial charge in [0.1, 0.15) is 0 Å². The van der Waals surface area contributed by atoms with Gasteiger partial charge in [-0.15, -0.1) is 0 Å². The summed E-state index contributed by atoms with van der Waals surface area (Å²) in [6, 6.07) is 0. The van der Waals surface area contributed by atoms with Crippen LogP contribution in [0.5, 0.6) is 0 Å². The molecule has 1 aliphatic rings. The molecular formula is C13H28N2O2. The molecule has 0 radical (unpaired) electrons. The van der Waals surface area contributed by atoms with E-state index >= 15 is 0 Å². The van der Waals surface area contributed by atoms with Crippen molar-refractivity contribution in [3.8, 4) is 0 Å². The van der Waals surface area contributed by atoms with E-state index in [1.165, 1.54) is 0 Å². The van der Waals surface area contributed by atoms with Gasteiger partial charge < -0.3 is 15.2 Å². The average Bonchev–Trinajstić information content (AvgIpc) is 2.79. The maximum atomic E-state index is 6.03. The van der Waals surface area contributed by atoms with E-state index in [9.17, 15) is 0 Å². The highest BCUT2D eigenvalue weighted by Crippen LogP contribution is 2.30. The predicted octanol–water partition coefficient (Wildman–Crippen LogP) is 1.24. The SMILES string of the molecule is CCCC(CC)(CN)N1CC(OC)C(OC)C1. The summed E-state index contributed by atoms with van der Waals surface area (Å²) in [5.74, 6) is 0. The summed E-state index contributed by atoms with van der Waals surface area (Å²) in [5.41, 5.74) is 6.16. The number of ether oxygens (including phenoxy) is 2. The van der Waals surface area contributed by atoms with Crippen LogP contribution in [-0.2, 0) is 9.47 Å². The first kappa shape index (κ1) is 14.9. The minimum absolute atomic E-state index is 0.124. The Balaban J connectivity index is 2.76. The molecule has 4 nitrogen and oxygen atoms in total. The lowest BCUT2D eigenvalue weighted by Gasteiger charge is -2.40. The molecule has 0 aliphatic carbocycles. The lowest BCUT2D eigenvalue weighted by Crippen LogP contribution is -2.53. The van der Waals surface area contributed by atoms with Crippen molar-refractivity contribution in [2.75, 3.05) is 33.9 Å². The molecule has 1 heterocycles. The molecule has 4 heteroatoms. The van der Waals surface area contributed by atoms with Crippen molar-refractivity contribution in [2.24, 2.45) is 5.73 Å². The molecule has 3 atom stereocenters. The van der Waals surface area contributed by atoms with Crippen LogP contribution >= 0.6 is 0 Å². The molecule has 1 fully saturated rings. The molecule has 0 aromatic rings. The van der Waals surface area contributed by atoms with Gasteiger partial charge in [-0.3, -0.25) is 4.90 Å². The monoisotopic (exact) mass is 244 g/mol. The van der Waals surface area contributed by atoms with Crippen LogP contribution in [0.25, 0.3) is 0 Å². The van der Waals surface area contributed by atoms with E-state index in [4.69, 9.17) is 15.2 Å². The molecule has 3 unspecified atom stereocenters. The molecule has 1 aliphatic heterocycles. The molecular weight excluding hydrogens is 216 g/mol. The maximum Gasteiger partial charge on any atom is 0.0972 e. The number of nitrogens with two attached hydrogens (primary N) is 1. The minimum atomic E-state index is 0.124. The van der Waals surface area contributed by atoms with Gasteiger partial charge in [0.15, 0.2) is 0 Å². The van der Waals surface area contributed by atoms with E-state index in [0.29, 0.717) is 6.54 Å². The standard InChI is InChI=1S/C13H28N2O2/c1-5-7-13(6-2,10-14)15-8-11(16-3)12(9-15)17-4/h11-12H,5-10,14H2,1-4H3. The smallest absolute Gasteiger partial charge is 0.0972 e. The van der Waals surface area contributed by atoms with Crippen molar-refractivity contribution in [3.05, 3.63) is 0 Å². The van der Waals surface area contributed by atoms with Crippen LogP contribution in [0.2, 0.25) is 0 Å². The molecule has 1 rings (SSSR count). The summed E-state index contributed by atoms with van der Waals surface area (Å²) in [4.78, 5) is 2.47. The first-order valence-electron chi connectivity index (χ1n) is 6.68. The maximum absolute atomic E-state index is 6.03. The highest BCUT2D eigenvalue weighted by atomic mass is 16.5. The van der Waals surface area contributed by atoms with Gasteiger partial charge in [-0.1, -0.05) is 20.3 Å². The van der Waals surface area contributed by atoms with Crippen LogP contribution in [0.15, 0.2) is 0 Å². The molecule has 0 aromatic carbocycles. The Morgan fingerprint density at radius 2 is 1.71 bits per heavy atom. The zero-order valence-electron chi connectivity index (χ0n) is 11.7. The van der Waals surface area contributed by atoms with Gasteiger partial charge in [0.2, 0.25) is 0 Å². The molecule has 0 amide bonds. The molecule has 1 saturated heterocycles. The lowest BCUT2D eigenvalue weighted by atomic mass is 9.89. The van der Waals surface area contributed by atoms with Crippen LogP contribution in [0, 0.1) is 0 Å². The Labute approximate surface area is 105 Å². The van der Waals surface area contributed by atoms with Gasteiger partial charge in [-0.2, -0.15) is 0 Å². The zero-order chi connectivity index (χ0) is 12.9. The molecule has 2 N–H and O–H groups in total. The summed E-state index contributed by atoms with van der Waals surface area (Å²) in [5, 5.41) is 0. The third-order valence-corrected chi connectivity index (χ3v) is 4.25. The first-order valence-corrected chi connectivity index (χ1v) is 6.68. The quantitative estimate of drug-likeness (QED) is 0.732. The summed E-state index contributed by atoms with van der Waals surface area (Å²) >= 11 is 0. The van der Waals surface area contributed by atoms with Crippen molar-refractivity contribution in [1.82, 2.24) is 4.90 Å². The highest BCUT2D eigenvalue weighted by Gasteiger charge is 2.42. The van der Waals surface area contributed by atoms with Crippen LogP contribution in [0.3, 0.4) is 0 Å². The second-order valence-electron chi connectivity index (χ2n) is 4.99. The van der Waals surface area contributed by atoms with E-state index in [0.717, 1.165) is 32.4 Å². The Morgan fingerprint density at radius 1 is 1.18 bits per heavy atom. The summed E-state index contributed by atoms with van der Waals surface area (Å²) < 4.78 is 11.0. The Hall–Kier alpha value is -0.160. The second-order valence-corrected chi connectivity index (χ2v) is 4.99. The summed E-state index contributed by atoms with van der Waals surface area (Å²) in [6.07, 6.45) is 3.75.